The van der Waals surface area contributed by atoms with Gasteiger partial charge in [0.25, 0.3) is 0 Å². The monoisotopic (exact) mass is 301 g/mol. The Bertz CT molecular complexity index is 512. The van der Waals surface area contributed by atoms with E-state index in [1.165, 1.54) is 0 Å². The van der Waals surface area contributed by atoms with Crippen molar-refractivity contribution in [2.75, 3.05) is 13.2 Å². The Kier molecular flexibility index (Phi) is 6.53. The standard InChI is InChI=1S/C16H21N2O2Si/c1-3-11-19-21(20-12-4-2)14-8-9-16(18-13-14)15-7-5-6-10-17-15/h5-10,13H,3-4,11-12H2,1-2H3. The molecule has 0 saturated heterocycles. The van der Waals surface area contributed by atoms with Crippen molar-refractivity contribution in [3.05, 3.63) is 42.7 Å². The van der Waals surface area contributed by atoms with Gasteiger partial charge in [0.05, 0.1) is 11.4 Å². The third kappa shape index (κ3) is 4.73. The van der Waals surface area contributed by atoms with E-state index in [9.17, 15) is 0 Å². The van der Waals surface area contributed by atoms with Crippen LogP contribution in [0.25, 0.3) is 11.4 Å². The van der Waals surface area contributed by atoms with Crippen LogP contribution in [0.2, 0.25) is 0 Å². The molecule has 0 amide bonds. The zero-order valence-electron chi connectivity index (χ0n) is 12.6. The van der Waals surface area contributed by atoms with Crippen molar-refractivity contribution in [3.8, 4) is 11.4 Å². The second-order valence-corrected chi connectivity index (χ2v) is 6.36. The molecule has 2 rings (SSSR count). The minimum atomic E-state index is -1.43. The average Bonchev–Trinajstić information content (AvgIpc) is 2.56. The highest BCUT2D eigenvalue weighted by molar-refractivity contribution is 6.61. The number of rotatable bonds is 8. The molecule has 0 saturated carbocycles. The molecule has 0 atom stereocenters. The van der Waals surface area contributed by atoms with E-state index in [1.807, 2.05) is 36.5 Å². The Morgan fingerprint density at radius 2 is 1.62 bits per heavy atom. The molecule has 2 heterocycles. The van der Waals surface area contributed by atoms with Crippen LogP contribution in [0.5, 0.6) is 0 Å². The first kappa shape index (κ1) is 15.8. The molecule has 0 aliphatic carbocycles. The van der Waals surface area contributed by atoms with Crippen LogP contribution in [-0.2, 0) is 8.85 Å². The van der Waals surface area contributed by atoms with Crippen LogP contribution in [0.1, 0.15) is 26.7 Å². The van der Waals surface area contributed by atoms with Gasteiger partial charge in [0.15, 0.2) is 0 Å². The van der Waals surface area contributed by atoms with Gasteiger partial charge in [-0.2, -0.15) is 0 Å². The summed E-state index contributed by atoms with van der Waals surface area (Å²) in [6.07, 6.45) is 5.60. The zero-order valence-corrected chi connectivity index (χ0v) is 13.6. The van der Waals surface area contributed by atoms with Crippen LogP contribution in [0.3, 0.4) is 0 Å². The van der Waals surface area contributed by atoms with E-state index in [1.54, 1.807) is 6.20 Å². The summed E-state index contributed by atoms with van der Waals surface area (Å²) in [5.74, 6) is 0. The van der Waals surface area contributed by atoms with Crippen molar-refractivity contribution >= 4 is 14.5 Å². The predicted molar refractivity (Wildman–Crippen MR) is 85.3 cm³/mol. The molecule has 0 aliphatic heterocycles. The Balaban J connectivity index is 2.11. The van der Waals surface area contributed by atoms with E-state index in [0.717, 1.165) is 42.6 Å². The first-order valence-electron chi connectivity index (χ1n) is 7.35. The zero-order chi connectivity index (χ0) is 14.9. The number of aromatic nitrogens is 2. The maximum Gasteiger partial charge on any atom is 0.425 e. The molecular formula is C16H21N2O2Si. The van der Waals surface area contributed by atoms with Crippen molar-refractivity contribution in [2.24, 2.45) is 0 Å². The Morgan fingerprint density at radius 3 is 2.14 bits per heavy atom. The minimum absolute atomic E-state index is 0.722. The highest BCUT2D eigenvalue weighted by Crippen LogP contribution is 2.11. The maximum atomic E-state index is 5.85. The van der Waals surface area contributed by atoms with E-state index in [2.05, 4.69) is 23.8 Å². The van der Waals surface area contributed by atoms with Crippen LogP contribution in [0, 0.1) is 0 Å². The summed E-state index contributed by atoms with van der Waals surface area (Å²) >= 11 is 0. The summed E-state index contributed by atoms with van der Waals surface area (Å²) in [5, 5.41) is 1.04. The molecule has 2 aromatic heterocycles. The molecule has 0 unspecified atom stereocenters. The maximum absolute atomic E-state index is 5.85. The topological polar surface area (TPSA) is 44.2 Å². The average molecular weight is 301 g/mol. The fourth-order valence-corrected chi connectivity index (χ4v) is 3.36. The molecule has 2 aromatic rings. The number of nitrogens with zero attached hydrogens (tertiary/aromatic N) is 2. The van der Waals surface area contributed by atoms with Gasteiger partial charge in [-0.05, 0) is 31.0 Å². The largest absolute Gasteiger partial charge is 0.425 e. The summed E-state index contributed by atoms with van der Waals surface area (Å²) in [5.41, 5.74) is 1.74. The second kappa shape index (κ2) is 8.66. The first-order chi connectivity index (χ1) is 10.3. The summed E-state index contributed by atoms with van der Waals surface area (Å²) < 4.78 is 11.7. The highest BCUT2D eigenvalue weighted by Gasteiger charge is 2.19. The minimum Gasteiger partial charge on any atom is -0.390 e. The molecule has 0 aromatic carbocycles. The Hall–Kier alpha value is -1.56. The molecule has 21 heavy (non-hydrogen) atoms. The third-order valence-corrected chi connectivity index (χ3v) is 4.50. The van der Waals surface area contributed by atoms with Crippen LogP contribution in [-0.4, -0.2) is 32.5 Å². The summed E-state index contributed by atoms with van der Waals surface area (Å²) in [6, 6.07) is 9.83. The van der Waals surface area contributed by atoms with Gasteiger partial charge < -0.3 is 8.85 Å². The van der Waals surface area contributed by atoms with Gasteiger partial charge in [-0.3, -0.25) is 9.97 Å². The summed E-state index contributed by atoms with van der Waals surface area (Å²) in [6.45, 7) is 5.64. The van der Waals surface area contributed by atoms with Crippen LogP contribution in [0.15, 0.2) is 42.7 Å². The SMILES string of the molecule is CCCO[Si](OCCC)c1ccc(-c2ccccn2)nc1. The van der Waals surface area contributed by atoms with Crippen LogP contribution in [0.4, 0.5) is 0 Å². The summed E-state index contributed by atoms with van der Waals surface area (Å²) in [7, 11) is -1.43. The van der Waals surface area contributed by atoms with Crippen molar-refractivity contribution in [1.29, 1.82) is 0 Å². The molecule has 5 heteroatoms. The molecule has 0 aliphatic rings. The number of hydrogen-bond donors (Lipinski definition) is 0. The Labute approximate surface area is 128 Å². The molecular weight excluding hydrogens is 280 g/mol. The lowest BCUT2D eigenvalue weighted by Gasteiger charge is -2.14. The number of hydrogen-bond acceptors (Lipinski definition) is 4. The van der Waals surface area contributed by atoms with E-state index in [4.69, 9.17) is 8.85 Å². The first-order valence-corrected chi connectivity index (χ1v) is 8.67. The molecule has 0 spiro atoms. The fourth-order valence-electron chi connectivity index (χ4n) is 1.78. The lowest BCUT2D eigenvalue weighted by atomic mass is 10.2. The number of pyridine rings is 2. The lowest BCUT2D eigenvalue weighted by Crippen LogP contribution is -2.37. The quantitative estimate of drug-likeness (QED) is 0.703. The van der Waals surface area contributed by atoms with Crippen molar-refractivity contribution in [1.82, 2.24) is 9.97 Å². The normalized spacial score (nSPS) is 11.0. The molecule has 0 bridgehead atoms. The van der Waals surface area contributed by atoms with Gasteiger partial charge in [-0.15, -0.1) is 0 Å². The summed E-state index contributed by atoms with van der Waals surface area (Å²) in [4.78, 5) is 8.79. The van der Waals surface area contributed by atoms with Gasteiger partial charge in [-0.1, -0.05) is 26.0 Å². The lowest BCUT2D eigenvalue weighted by molar-refractivity contribution is 0.207. The molecule has 111 valence electrons. The van der Waals surface area contributed by atoms with Gasteiger partial charge in [0.1, 0.15) is 0 Å². The van der Waals surface area contributed by atoms with Crippen molar-refractivity contribution < 1.29 is 8.85 Å². The molecule has 0 N–H and O–H groups in total. The van der Waals surface area contributed by atoms with Crippen LogP contribution < -0.4 is 5.19 Å². The van der Waals surface area contributed by atoms with Crippen LogP contribution >= 0.6 is 0 Å². The van der Waals surface area contributed by atoms with Gasteiger partial charge >= 0.3 is 9.28 Å². The fraction of sp³-hybridized carbons (Fsp3) is 0.375. The highest BCUT2D eigenvalue weighted by atomic mass is 28.3. The van der Waals surface area contributed by atoms with Gasteiger partial charge in [-0.25, -0.2) is 0 Å². The predicted octanol–water partition coefficient (Wildman–Crippen LogP) is 2.69. The Morgan fingerprint density at radius 1 is 0.905 bits per heavy atom. The second-order valence-electron chi connectivity index (χ2n) is 4.63. The molecule has 0 fully saturated rings. The van der Waals surface area contributed by atoms with E-state index in [0.29, 0.717) is 0 Å². The van der Waals surface area contributed by atoms with Gasteiger partial charge in [0, 0.05) is 30.8 Å². The van der Waals surface area contributed by atoms with E-state index < -0.39 is 9.28 Å². The smallest absolute Gasteiger partial charge is 0.390 e. The third-order valence-electron chi connectivity index (χ3n) is 2.80. The molecule has 4 nitrogen and oxygen atoms in total. The van der Waals surface area contributed by atoms with Gasteiger partial charge in [0.2, 0.25) is 0 Å². The van der Waals surface area contributed by atoms with E-state index >= 15 is 0 Å². The van der Waals surface area contributed by atoms with Crippen molar-refractivity contribution in [3.63, 3.8) is 0 Å². The van der Waals surface area contributed by atoms with Crippen molar-refractivity contribution in [2.45, 2.75) is 26.7 Å². The molecule has 1 radical (unpaired) electrons. The van der Waals surface area contributed by atoms with E-state index in [-0.39, 0.29) is 0 Å².